The first-order chi connectivity index (χ1) is 45.6. The van der Waals surface area contributed by atoms with Gasteiger partial charge in [-0.3, -0.25) is 4.79 Å². The molecule has 11 unspecified atom stereocenters. The van der Waals surface area contributed by atoms with Crippen molar-refractivity contribution in [3.8, 4) is 0 Å². The lowest BCUT2D eigenvalue weighted by molar-refractivity contribution is -0.282. The van der Waals surface area contributed by atoms with Gasteiger partial charge in [0.25, 0.3) is 0 Å². The SMILES string of the molecule is COP(O)(=S)OCCCCCCOCC(COCCCOP(O)(=S)OCCCCOC1OC(CO)[C@H](O)[C@H](O)[C@@H]1NC(C)=O)(COCCCOP(O)(=S)OCCCCO[C@@H]1OC(CO)[C@H](C)[C@H](O)C1C)COCCCOP(O)(=S)OCCCCO[C@@H]1OC(CO)[C@H](O)[C@H](O)C1C. The summed E-state index contributed by atoms with van der Waals surface area (Å²) in [5.41, 5.74) is -0.928. The molecule has 0 aromatic carbocycles. The van der Waals surface area contributed by atoms with Crippen molar-refractivity contribution in [1.82, 2.24) is 5.32 Å². The zero-order chi connectivity index (χ0) is 71.2. The molecular formula is C56H111NO31P4S4. The predicted molar refractivity (Wildman–Crippen MR) is 361 cm³/mol. The van der Waals surface area contributed by atoms with Crippen molar-refractivity contribution in [3.05, 3.63) is 0 Å². The molecule has 3 aliphatic heterocycles. The number of hydrogen-bond donors (Lipinski definition) is 13. The number of hydrogen-bond acceptors (Lipinski definition) is 31. The van der Waals surface area contributed by atoms with E-state index in [1.807, 2.05) is 13.8 Å². The Morgan fingerprint density at radius 1 is 0.396 bits per heavy atom. The number of aliphatic hydroxyl groups excluding tert-OH is 8. The number of ether oxygens (including phenoxy) is 10. The summed E-state index contributed by atoms with van der Waals surface area (Å²) in [5, 5.41) is 83.0. The average Bonchev–Trinajstić information content (AvgIpc) is 0.854. The fourth-order valence-electron chi connectivity index (χ4n) is 9.89. The van der Waals surface area contributed by atoms with Crippen LogP contribution in [-0.2, 0) is 136 Å². The summed E-state index contributed by atoms with van der Waals surface area (Å²) in [6.07, 6.45) is -4.91. The van der Waals surface area contributed by atoms with Crippen molar-refractivity contribution in [2.24, 2.45) is 23.2 Å². The Morgan fingerprint density at radius 2 is 0.698 bits per heavy atom. The van der Waals surface area contributed by atoms with Crippen molar-refractivity contribution in [2.75, 3.05) is 146 Å². The number of unbranched alkanes of at least 4 members (excludes halogenated alkanes) is 6. The van der Waals surface area contributed by atoms with Crippen LogP contribution < -0.4 is 5.32 Å². The first kappa shape index (κ1) is 91.1. The monoisotopic (exact) mass is 1550 g/mol. The average molecular weight is 1550 g/mol. The Hall–Kier alpha value is 0.870. The van der Waals surface area contributed by atoms with Crippen molar-refractivity contribution >= 4 is 80.0 Å². The number of aliphatic hydroxyl groups is 8. The second-order valence-electron chi connectivity index (χ2n) is 23.7. The Labute approximate surface area is 585 Å². The fraction of sp³-hybridized carbons (Fsp3) is 0.982. The zero-order valence-electron chi connectivity index (χ0n) is 55.7. The van der Waals surface area contributed by atoms with Gasteiger partial charge in [0.15, 0.2) is 18.9 Å². The molecule has 3 heterocycles. The van der Waals surface area contributed by atoms with Crippen LogP contribution in [0, 0.1) is 23.2 Å². The van der Waals surface area contributed by atoms with Gasteiger partial charge in [-0.25, -0.2) is 0 Å². The van der Waals surface area contributed by atoms with Gasteiger partial charge < -0.3 is 149 Å². The number of amides is 1. The highest BCUT2D eigenvalue weighted by Gasteiger charge is 2.46. The molecule has 3 rings (SSSR count). The van der Waals surface area contributed by atoms with Gasteiger partial charge in [-0.05, 0) is 118 Å². The molecule has 1 amide bonds. The molecule has 0 aromatic rings. The molecule has 32 nitrogen and oxygen atoms in total. The van der Waals surface area contributed by atoms with Gasteiger partial charge in [-0.1, -0.05) is 33.6 Å². The highest BCUT2D eigenvalue weighted by atomic mass is 32.5. The van der Waals surface area contributed by atoms with Gasteiger partial charge in [0.2, 0.25) is 5.91 Å². The van der Waals surface area contributed by atoms with Crippen molar-refractivity contribution in [1.29, 1.82) is 0 Å². The summed E-state index contributed by atoms with van der Waals surface area (Å²) < 4.78 is 103. The molecule has 0 radical (unpaired) electrons. The minimum atomic E-state index is -3.69. The molecular weight excluding hydrogens is 1430 g/mol. The Balaban J connectivity index is 1.56. The van der Waals surface area contributed by atoms with Gasteiger partial charge >= 0.3 is 26.9 Å². The van der Waals surface area contributed by atoms with Crippen LogP contribution in [0.4, 0.5) is 0 Å². The summed E-state index contributed by atoms with van der Waals surface area (Å²) in [4.78, 5) is 54.0. The van der Waals surface area contributed by atoms with Gasteiger partial charge in [-0.15, -0.1) is 0 Å². The molecule has 0 bridgehead atoms. The molecule has 0 aromatic heterocycles. The van der Waals surface area contributed by atoms with Crippen LogP contribution in [0.25, 0.3) is 0 Å². The fourth-order valence-corrected chi connectivity index (χ4v) is 14.3. The molecule has 570 valence electrons. The van der Waals surface area contributed by atoms with Crippen LogP contribution in [0.15, 0.2) is 0 Å². The lowest BCUT2D eigenvalue weighted by Crippen LogP contribution is -2.64. The largest absolute Gasteiger partial charge is 0.394 e. The van der Waals surface area contributed by atoms with Crippen LogP contribution in [0.2, 0.25) is 0 Å². The molecule has 20 atom stereocenters. The standard InChI is InChI=1S/C56H111NO31P4S4/c1-40-44(33-58)86-53(41(2)48(40)62)76-23-10-13-27-80-90(68,94)83-30-16-20-73-37-56(36-72-19-8-6-7-9-26-79-89(67,93)71-5,38-74-21-17-31-84-91(69,95)81-28-14-11-24-77-54-42(3)49(63)50(64)45(34-59)87-54)39-75-22-18-32-85-92(70,96)82-29-15-12-25-78-55-47(57-43(4)61)52(66)51(65)46(35-60)88-55/h40-42,44-55,58-60,62-66H,6-39H2,1-5H3,(H,57,61)(H,67,93)(H,68,94)(H,69,95)(H,70,96)/t40-,41?,42?,44?,45?,46?,47-,48-,49+,50-,51-,52+,53+,54+,55?,56?,89?,90?,91?,92?/m0/s1. The molecule has 3 fully saturated rings. The number of carbonyl (C=O) groups is 1. The van der Waals surface area contributed by atoms with E-state index >= 15 is 0 Å². The quantitative estimate of drug-likeness (QED) is 0.0306. The number of rotatable bonds is 57. The van der Waals surface area contributed by atoms with E-state index in [1.165, 1.54) is 14.0 Å². The molecule has 96 heavy (non-hydrogen) atoms. The molecule has 40 heteroatoms. The molecule has 3 saturated heterocycles. The van der Waals surface area contributed by atoms with Crippen molar-refractivity contribution in [2.45, 2.75) is 185 Å². The first-order valence-corrected chi connectivity index (χ1v) is 42.9. The van der Waals surface area contributed by atoms with E-state index in [0.29, 0.717) is 70.8 Å². The van der Waals surface area contributed by atoms with Crippen molar-refractivity contribution in [3.63, 3.8) is 0 Å². The maximum absolute atomic E-state index is 11.8. The van der Waals surface area contributed by atoms with Gasteiger partial charge in [0.05, 0.1) is 116 Å². The van der Waals surface area contributed by atoms with E-state index in [2.05, 4.69) is 5.32 Å². The minimum absolute atomic E-state index is 0.00443. The maximum Gasteiger partial charge on any atom is 0.324 e. The Kier molecular flexibility index (Phi) is 47.1. The van der Waals surface area contributed by atoms with E-state index in [-0.39, 0.29) is 137 Å². The summed E-state index contributed by atoms with van der Waals surface area (Å²) in [6, 6.07) is -1.09. The molecule has 0 spiro atoms. The third-order valence-corrected chi connectivity index (χ3v) is 22.3. The van der Waals surface area contributed by atoms with Crippen LogP contribution in [-0.4, -0.2) is 286 Å². The highest BCUT2D eigenvalue weighted by Crippen LogP contribution is 2.46. The third kappa shape index (κ3) is 36.7. The van der Waals surface area contributed by atoms with Crippen LogP contribution in [0.1, 0.15) is 111 Å². The number of carbonyl (C=O) groups excluding carboxylic acids is 1. The van der Waals surface area contributed by atoms with E-state index in [0.717, 1.165) is 12.8 Å². The van der Waals surface area contributed by atoms with Gasteiger partial charge in [0, 0.05) is 78.0 Å². The first-order valence-electron chi connectivity index (χ1n) is 32.6. The summed E-state index contributed by atoms with van der Waals surface area (Å²) >= 11 is 20.7. The maximum atomic E-state index is 11.8. The summed E-state index contributed by atoms with van der Waals surface area (Å²) in [7, 11) is 1.29. The van der Waals surface area contributed by atoms with E-state index < -0.39 is 131 Å². The Bertz CT molecular complexity index is 2190. The van der Waals surface area contributed by atoms with Gasteiger partial charge in [0.1, 0.15) is 36.6 Å². The topological polar surface area (TPSA) is 438 Å². The Morgan fingerprint density at radius 3 is 1.08 bits per heavy atom. The highest BCUT2D eigenvalue weighted by molar-refractivity contribution is 8.08. The minimum Gasteiger partial charge on any atom is -0.394 e. The molecule has 0 aliphatic carbocycles. The lowest BCUT2D eigenvalue weighted by atomic mass is 9.86. The van der Waals surface area contributed by atoms with Crippen LogP contribution >= 0.6 is 26.9 Å². The van der Waals surface area contributed by atoms with E-state index in [9.17, 15) is 65.2 Å². The molecule has 0 saturated carbocycles. The normalized spacial score (nSPS) is 29.7. The smallest absolute Gasteiger partial charge is 0.324 e. The zero-order valence-corrected chi connectivity index (χ0v) is 62.6. The van der Waals surface area contributed by atoms with E-state index in [1.54, 1.807) is 6.92 Å². The predicted octanol–water partition coefficient (Wildman–Crippen LogP) is 2.16. The molecule has 3 aliphatic rings. The second kappa shape index (κ2) is 49.6. The second-order valence-corrected chi connectivity index (χ2v) is 35.2. The van der Waals surface area contributed by atoms with Crippen LogP contribution in [0.3, 0.4) is 0 Å². The summed E-state index contributed by atoms with van der Waals surface area (Å²) in [5.74, 6) is -1.57. The van der Waals surface area contributed by atoms with Crippen LogP contribution in [0.5, 0.6) is 0 Å². The lowest BCUT2D eigenvalue weighted by Gasteiger charge is -2.42. The summed E-state index contributed by atoms with van der Waals surface area (Å²) in [6.45, 7) is -6.97. The molecule has 13 N–H and O–H groups in total. The number of nitrogens with one attached hydrogen (secondary N) is 1. The van der Waals surface area contributed by atoms with Gasteiger partial charge in [-0.2, -0.15) is 0 Å². The van der Waals surface area contributed by atoms with Crippen molar-refractivity contribution < 1.29 is 149 Å². The third-order valence-electron chi connectivity index (χ3n) is 15.6. The van der Waals surface area contributed by atoms with E-state index in [4.69, 9.17) is 131 Å².